The lowest BCUT2D eigenvalue weighted by Gasteiger charge is -2.07. The first-order valence-electron chi connectivity index (χ1n) is 4.27. The summed E-state index contributed by atoms with van der Waals surface area (Å²) in [4.78, 5) is 20.7. The predicted octanol–water partition coefficient (Wildman–Crippen LogP) is 2.21. The van der Waals surface area contributed by atoms with Crippen molar-refractivity contribution in [1.82, 2.24) is 0 Å². The summed E-state index contributed by atoms with van der Waals surface area (Å²) >= 11 is 0. The number of nitrogens with zero attached hydrogens (tertiary/aromatic N) is 1. The third kappa shape index (κ3) is 1.79. The van der Waals surface area contributed by atoms with Gasteiger partial charge in [0.05, 0.1) is 4.92 Å². The minimum absolute atomic E-state index is 0.0659. The van der Waals surface area contributed by atoms with Crippen molar-refractivity contribution < 1.29 is 9.72 Å². The zero-order valence-corrected chi connectivity index (χ0v) is 8.06. The van der Waals surface area contributed by atoms with Crippen LogP contribution in [0.1, 0.15) is 24.0 Å². The predicted molar refractivity (Wildman–Crippen MR) is 52.3 cm³/mol. The molecule has 1 atom stereocenters. The molecule has 4 heteroatoms. The Morgan fingerprint density at radius 2 is 2.14 bits per heavy atom. The van der Waals surface area contributed by atoms with Gasteiger partial charge in [-0.1, -0.05) is 19.1 Å². The molecule has 0 saturated carbocycles. The molecule has 1 unspecified atom stereocenters. The van der Waals surface area contributed by atoms with E-state index in [0.29, 0.717) is 11.1 Å². The SMILES string of the molecule is Cc1c(C(C)C=O)cccc1[N+](=O)[O-]. The summed E-state index contributed by atoms with van der Waals surface area (Å²) in [5.41, 5.74) is 1.35. The molecular weight excluding hydrogens is 182 g/mol. The lowest BCUT2D eigenvalue weighted by molar-refractivity contribution is -0.385. The van der Waals surface area contributed by atoms with E-state index >= 15 is 0 Å². The molecule has 0 aliphatic rings. The van der Waals surface area contributed by atoms with Crippen LogP contribution in [0.25, 0.3) is 0 Å². The van der Waals surface area contributed by atoms with Gasteiger partial charge in [-0.05, 0) is 12.5 Å². The Hall–Kier alpha value is -1.71. The van der Waals surface area contributed by atoms with Gasteiger partial charge in [0.1, 0.15) is 6.29 Å². The second-order valence-corrected chi connectivity index (χ2v) is 3.17. The van der Waals surface area contributed by atoms with Crippen molar-refractivity contribution >= 4 is 12.0 Å². The van der Waals surface area contributed by atoms with E-state index in [2.05, 4.69) is 0 Å². The molecule has 1 rings (SSSR count). The smallest absolute Gasteiger partial charge is 0.272 e. The van der Waals surface area contributed by atoms with Gasteiger partial charge in [0.2, 0.25) is 0 Å². The summed E-state index contributed by atoms with van der Waals surface area (Å²) in [5.74, 6) is -0.296. The molecule has 0 aromatic heterocycles. The zero-order valence-electron chi connectivity index (χ0n) is 8.06. The van der Waals surface area contributed by atoms with Crippen LogP contribution in [0.2, 0.25) is 0 Å². The summed E-state index contributed by atoms with van der Waals surface area (Å²) in [7, 11) is 0. The number of benzene rings is 1. The first kappa shape index (κ1) is 10.4. The molecule has 0 fully saturated rings. The summed E-state index contributed by atoms with van der Waals surface area (Å²) in [6, 6.07) is 4.78. The van der Waals surface area contributed by atoms with E-state index in [1.165, 1.54) is 6.07 Å². The van der Waals surface area contributed by atoms with Gasteiger partial charge < -0.3 is 4.79 Å². The van der Waals surface area contributed by atoms with E-state index < -0.39 is 4.92 Å². The Morgan fingerprint density at radius 1 is 1.50 bits per heavy atom. The topological polar surface area (TPSA) is 60.2 Å². The first-order chi connectivity index (χ1) is 6.57. The van der Waals surface area contributed by atoms with Gasteiger partial charge in [0.15, 0.2) is 0 Å². The average molecular weight is 193 g/mol. The maximum atomic E-state index is 10.6. The average Bonchev–Trinajstić information content (AvgIpc) is 2.16. The van der Waals surface area contributed by atoms with Crippen LogP contribution in [0.15, 0.2) is 18.2 Å². The molecule has 0 bridgehead atoms. The summed E-state index contributed by atoms with van der Waals surface area (Å²) in [6.07, 6.45) is 0.784. The Morgan fingerprint density at radius 3 is 2.64 bits per heavy atom. The fourth-order valence-electron chi connectivity index (χ4n) is 1.41. The molecule has 0 radical (unpaired) electrons. The van der Waals surface area contributed by atoms with E-state index in [1.807, 2.05) is 0 Å². The quantitative estimate of drug-likeness (QED) is 0.420. The fourth-order valence-corrected chi connectivity index (χ4v) is 1.41. The van der Waals surface area contributed by atoms with Crippen LogP contribution in [0.3, 0.4) is 0 Å². The number of rotatable bonds is 3. The van der Waals surface area contributed by atoms with E-state index in [-0.39, 0.29) is 11.6 Å². The van der Waals surface area contributed by atoms with Crippen molar-refractivity contribution in [3.8, 4) is 0 Å². The highest BCUT2D eigenvalue weighted by atomic mass is 16.6. The monoisotopic (exact) mass is 193 g/mol. The number of hydrogen-bond acceptors (Lipinski definition) is 3. The molecule has 1 aromatic rings. The molecule has 0 saturated heterocycles. The van der Waals surface area contributed by atoms with Crippen LogP contribution >= 0.6 is 0 Å². The molecule has 0 N–H and O–H groups in total. The van der Waals surface area contributed by atoms with Crippen LogP contribution in [-0.4, -0.2) is 11.2 Å². The first-order valence-corrected chi connectivity index (χ1v) is 4.27. The molecule has 0 heterocycles. The van der Waals surface area contributed by atoms with Gasteiger partial charge in [0.25, 0.3) is 5.69 Å². The van der Waals surface area contributed by atoms with Crippen LogP contribution in [0.4, 0.5) is 5.69 Å². The van der Waals surface area contributed by atoms with Crippen molar-refractivity contribution in [2.45, 2.75) is 19.8 Å². The van der Waals surface area contributed by atoms with Crippen LogP contribution in [-0.2, 0) is 4.79 Å². The van der Waals surface area contributed by atoms with Crippen LogP contribution < -0.4 is 0 Å². The normalized spacial score (nSPS) is 12.1. The third-order valence-electron chi connectivity index (χ3n) is 2.24. The lowest BCUT2D eigenvalue weighted by atomic mass is 9.96. The summed E-state index contributed by atoms with van der Waals surface area (Å²) < 4.78 is 0. The Bertz CT molecular complexity index is 374. The molecule has 1 aromatic carbocycles. The van der Waals surface area contributed by atoms with Crippen molar-refractivity contribution in [3.63, 3.8) is 0 Å². The van der Waals surface area contributed by atoms with Gasteiger partial charge >= 0.3 is 0 Å². The van der Waals surface area contributed by atoms with Gasteiger partial charge in [-0.15, -0.1) is 0 Å². The van der Waals surface area contributed by atoms with Gasteiger partial charge in [0, 0.05) is 17.5 Å². The van der Waals surface area contributed by atoms with Gasteiger partial charge in [-0.3, -0.25) is 10.1 Å². The number of carbonyl (C=O) groups is 1. The highest BCUT2D eigenvalue weighted by molar-refractivity contribution is 5.64. The molecule has 0 amide bonds. The second kappa shape index (κ2) is 4.00. The standard InChI is InChI=1S/C10H11NO3/c1-7(6-12)9-4-3-5-10(8(9)2)11(13)14/h3-7H,1-2H3. The molecule has 14 heavy (non-hydrogen) atoms. The van der Waals surface area contributed by atoms with Crippen molar-refractivity contribution in [2.75, 3.05) is 0 Å². The van der Waals surface area contributed by atoms with E-state index in [1.54, 1.807) is 26.0 Å². The zero-order chi connectivity index (χ0) is 10.7. The number of carbonyl (C=O) groups excluding carboxylic acids is 1. The summed E-state index contributed by atoms with van der Waals surface area (Å²) in [6.45, 7) is 3.38. The summed E-state index contributed by atoms with van der Waals surface area (Å²) in [5, 5.41) is 10.6. The molecular formula is C10H11NO3. The van der Waals surface area contributed by atoms with Crippen molar-refractivity contribution in [2.24, 2.45) is 0 Å². The molecule has 0 spiro atoms. The fraction of sp³-hybridized carbons (Fsp3) is 0.300. The maximum Gasteiger partial charge on any atom is 0.272 e. The number of nitro benzene ring substituents is 1. The largest absolute Gasteiger partial charge is 0.303 e. The number of aldehydes is 1. The minimum Gasteiger partial charge on any atom is -0.303 e. The molecule has 4 nitrogen and oxygen atoms in total. The van der Waals surface area contributed by atoms with Gasteiger partial charge in [-0.25, -0.2) is 0 Å². The van der Waals surface area contributed by atoms with Crippen LogP contribution in [0, 0.1) is 17.0 Å². The van der Waals surface area contributed by atoms with Crippen molar-refractivity contribution in [1.29, 1.82) is 0 Å². The van der Waals surface area contributed by atoms with E-state index in [0.717, 1.165) is 6.29 Å². The van der Waals surface area contributed by atoms with Gasteiger partial charge in [-0.2, -0.15) is 0 Å². The Kier molecular flexibility index (Phi) is 2.96. The van der Waals surface area contributed by atoms with E-state index in [4.69, 9.17) is 0 Å². The number of hydrogen-bond donors (Lipinski definition) is 0. The number of nitro groups is 1. The second-order valence-electron chi connectivity index (χ2n) is 3.17. The van der Waals surface area contributed by atoms with Crippen molar-refractivity contribution in [3.05, 3.63) is 39.4 Å². The lowest BCUT2D eigenvalue weighted by Crippen LogP contribution is -2.00. The molecule has 0 aliphatic carbocycles. The molecule has 0 aliphatic heterocycles. The highest BCUT2D eigenvalue weighted by Gasteiger charge is 2.16. The van der Waals surface area contributed by atoms with E-state index in [9.17, 15) is 14.9 Å². The Balaban J connectivity index is 3.26. The maximum absolute atomic E-state index is 10.6. The molecule has 74 valence electrons. The highest BCUT2D eigenvalue weighted by Crippen LogP contribution is 2.25. The van der Waals surface area contributed by atoms with Crippen LogP contribution in [0.5, 0.6) is 0 Å². The Labute approximate surface area is 81.7 Å². The minimum atomic E-state index is -0.434. The third-order valence-corrected chi connectivity index (χ3v) is 2.24.